The Kier molecular flexibility index (Phi) is 6.46. The summed E-state index contributed by atoms with van der Waals surface area (Å²) < 4.78 is 23.9. The van der Waals surface area contributed by atoms with Crippen LogP contribution in [0.4, 0.5) is 5.95 Å². The number of amides is 1. The summed E-state index contributed by atoms with van der Waals surface area (Å²) in [6.07, 6.45) is 9.29. The van der Waals surface area contributed by atoms with Gasteiger partial charge in [0.05, 0.1) is 22.0 Å². The van der Waals surface area contributed by atoms with E-state index >= 15 is 0 Å². The summed E-state index contributed by atoms with van der Waals surface area (Å²) >= 11 is 0. The van der Waals surface area contributed by atoms with E-state index in [2.05, 4.69) is 20.2 Å². The monoisotopic (exact) mass is 444 g/mol. The molecule has 0 radical (unpaired) electrons. The van der Waals surface area contributed by atoms with Gasteiger partial charge < -0.3 is 10.2 Å². The number of nitrogens with zero attached hydrogens (tertiary/aromatic N) is 3. The summed E-state index contributed by atoms with van der Waals surface area (Å²) in [5, 5.41) is 4.03. The number of rotatable bonds is 5. The van der Waals surface area contributed by atoms with E-state index in [1.54, 1.807) is 18.2 Å². The molecule has 1 atom stereocenters. The zero-order valence-electron chi connectivity index (χ0n) is 18.4. The molecule has 1 N–H and O–H groups in total. The summed E-state index contributed by atoms with van der Waals surface area (Å²) in [4.78, 5) is 24.5. The average Bonchev–Trinajstić information content (AvgIpc) is 2.77. The van der Waals surface area contributed by atoms with Crippen LogP contribution < -0.4 is 10.2 Å². The summed E-state index contributed by atoms with van der Waals surface area (Å²) in [5.41, 5.74) is 1.43. The third-order valence-electron chi connectivity index (χ3n) is 6.64. The van der Waals surface area contributed by atoms with Gasteiger partial charge in [-0.05, 0) is 56.7 Å². The molecule has 7 nitrogen and oxygen atoms in total. The Balaban J connectivity index is 1.48. The maximum atomic E-state index is 12.8. The lowest BCUT2D eigenvalue weighted by molar-refractivity contribution is -0.125. The van der Waals surface area contributed by atoms with Crippen molar-refractivity contribution in [3.8, 4) is 0 Å². The molecule has 8 heteroatoms. The lowest BCUT2D eigenvalue weighted by Gasteiger charge is -2.32. The van der Waals surface area contributed by atoms with Gasteiger partial charge in [-0.25, -0.2) is 18.4 Å². The van der Waals surface area contributed by atoms with Crippen molar-refractivity contribution in [2.45, 2.75) is 56.8 Å². The maximum absolute atomic E-state index is 12.8. The van der Waals surface area contributed by atoms with Crippen LogP contribution >= 0.6 is 0 Å². The SMILES string of the molecule is Cc1nc(N2CCC[C@@H](C(=O)NCC3CCCCC3)C2)nc2cc(S(C)(=O)=O)ccc12. The Labute approximate surface area is 184 Å². The van der Waals surface area contributed by atoms with E-state index in [-0.39, 0.29) is 16.7 Å². The first-order chi connectivity index (χ1) is 14.8. The number of anilines is 1. The number of carbonyl (C=O) groups excluding carboxylic acids is 1. The largest absolute Gasteiger partial charge is 0.356 e. The molecular weight excluding hydrogens is 412 g/mol. The van der Waals surface area contributed by atoms with Gasteiger partial charge in [0.15, 0.2) is 9.84 Å². The second-order valence-corrected chi connectivity index (χ2v) is 11.1. The van der Waals surface area contributed by atoms with Crippen molar-refractivity contribution in [3.05, 3.63) is 23.9 Å². The van der Waals surface area contributed by atoms with Crippen molar-refractivity contribution in [3.63, 3.8) is 0 Å². The van der Waals surface area contributed by atoms with E-state index in [0.29, 0.717) is 23.9 Å². The fourth-order valence-electron chi connectivity index (χ4n) is 4.78. The molecule has 0 bridgehead atoms. The number of piperidine rings is 1. The van der Waals surface area contributed by atoms with Gasteiger partial charge in [-0.1, -0.05) is 19.3 Å². The molecule has 1 aromatic carbocycles. The first-order valence-corrected chi connectivity index (χ1v) is 13.2. The molecule has 1 saturated carbocycles. The Morgan fingerprint density at radius 2 is 1.90 bits per heavy atom. The van der Waals surface area contributed by atoms with Gasteiger partial charge in [0.1, 0.15) is 0 Å². The molecule has 2 heterocycles. The van der Waals surface area contributed by atoms with Crippen LogP contribution in [0, 0.1) is 18.8 Å². The van der Waals surface area contributed by atoms with Gasteiger partial charge in [-0.3, -0.25) is 4.79 Å². The minimum Gasteiger partial charge on any atom is -0.356 e. The smallest absolute Gasteiger partial charge is 0.226 e. The molecule has 168 valence electrons. The van der Waals surface area contributed by atoms with Crippen LogP contribution in [0.5, 0.6) is 0 Å². The molecule has 2 aromatic rings. The second-order valence-electron chi connectivity index (χ2n) is 9.09. The first-order valence-electron chi connectivity index (χ1n) is 11.3. The van der Waals surface area contributed by atoms with Crippen LogP contribution in [0.15, 0.2) is 23.1 Å². The van der Waals surface area contributed by atoms with Gasteiger partial charge in [0.25, 0.3) is 0 Å². The topological polar surface area (TPSA) is 92.3 Å². The van der Waals surface area contributed by atoms with Crippen molar-refractivity contribution in [1.29, 1.82) is 0 Å². The third kappa shape index (κ3) is 5.17. The quantitative estimate of drug-likeness (QED) is 0.761. The van der Waals surface area contributed by atoms with E-state index in [1.165, 1.54) is 38.4 Å². The zero-order valence-corrected chi connectivity index (χ0v) is 19.2. The van der Waals surface area contributed by atoms with Gasteiger partial charge in [-0.2, -0.15) is 0 Å². The van der Waals surface area contributed by atoms with Crippen LogP contribution in [0.1, 0.15) is 50.6 Å². The number of hydrogen-bond acceptors (Lipinski definition) is 6. The standard InChI is InChI=1S/C23H32N4O3S/c1-16-20-11-10-19(31(2,29)30)13-21(20)26-23(25-16)27-12-6-9-18(15-27)22(28)24-14-17-7-4-3-5-8-17/h10-11,13,17-18H,3-9,12,14-15H2,1-2H3,(H,24,28)/t18-/m1/s1. The van der Waals surface area contributed by atoms with Gasteiger partial charge in [0, 0.05) is 31.3 Å². The predicted molar refractivity (Wildman–Crippen MR) is 122 cm³/mol. The molecule has 1 saturated heterocycles. The van der Waals surface area contributed by atoms with Crippen molar-refractivity contribution in [2.24, 2.45) is 11.8 Å². The molecule has 2 aliphatic rings. The fourth-order valence-corrected chi connectivity index (χ4v) is 5.42. The number of sulfone groups is 1. The fraction of sp³-hybridized carbons (Fsp3) is 0.609. The van der Waals surface area contributed by atoms with Gasteiger partial charge >= 0.3 is 0 Å². The molecule has 1 aromatic heterocycles. The molecule has 31 heavy (non-hydrogen) atoms. The number of hydrogen-bond donors (Lipinski definition) is 1. The van der Waals surface area contributed by atoms with E-state index in [1.807, 2.05) is 6.92 Å². The van der Waals surface area contributed by atoms with E-state index in [9.17, 15) is 13.2 Å². The highest BCUT2D eigenvalue weighted by Gasteiger charge is 2.28. The predicted octanol–water partition coefficient (Wildman–Crippen LogP) is 3.25. The Morgan fingerprint density at radius 3 is 2.65 bits per heavy atom. The number of fused-ring (bicyclic) bond motifs is 1. The van der Waals surface area contributed by atoms with E-state index in [4.69, 9.17) is 0 Å². The third-order valence-corrected chi connectivity index (χ3v) is 7.75. The number of aryl methyl sites for hydroxylation is 1. The van der Waals surface area contributed by atoms with Crippen molar-refractivity contribution in [1.82, 2.24) is 15.3 Å². The van der Waals surface area contributed by atoms with Crippen LogP contribution in [0.25, 0.3) is 10.9 Å². The number of aromatic nitrogens is 2. The summed E-state index contributed by atoms with van der Waals surface area (Å²) in [6.45, 7) is 4.08. The summed E-state index contributed by atoms with van der Waals surface area (Å²) in [6, 6.07) is 4.98. The van der Waals surface area contributed by atoms with Gasteiger partial charge in [0.2, 0.25) is 11.9 Å². The Hall–Kier alpha value is -2.22. The molecule has 4 rings (SSSR count). The van der Waals surface area contributed by atoms with Crippen LogP contribution in [-0.2, 0) is 14.6 Å². The first kappa shape index (κ1) is 22.0. The van der Waals surface area contributed by atoms with Crippen LogP contribution in [0.2, 0.25) is 0 Å². The van der Waals surface area contributed by atoms with Crippen LogP contribution in [0.3, 0.4) is 0 Å². The Bertz CT molecular complexity index is 1060. The molecular formula is C23H32N4O3S. The van der Waals surface area contributed by atoms with Crippen molar-refractivity contribution >= 4 is 32.6 Å². The highest BCUT2D eigenvalue weighted by Crippen LogP contribution is 2.26. The lowest BCUT2D eigenvalue weighted by Crippen LogP contribution is -2.44. The van der Waals surface area contributed by atoms with Gasteiger partial charge in [-0.15, -0.1) is 0 Å². The second kappa shape index (κ2) is 9.10. The molecule has 2 fully saturated rings. The normalized spacial score (nSPS) is 20.7. The van der Waals surface area contributed by atoms with Crippen molar-refractivity contribution < 1.29 is 13.2 Å². The minimum atomic E-state index is -3.31. The number of benzene rings is 1. The Morgan fingerprint density at radius 1 is 1.13 bits per heavy atom. The highest BCUT2D eigenvalue weighted by atomic mass is 32.2. The average molecular weight is 445 g/mol. The van der Waals surface area contributed by atoms with Crippen LogP contribution in [-0.4, -0.2) is 50.2 Å². The molecule has 0 spiro atoms. The highest BCUT2D eigenvalue weighted by molar-refractivity contribution is 7.90. The molecule has 0 unspecified atom stereocenters. The molecule has 1 aliphatic carbocycles. The zero-order chi connectivity index (χ0) is 22.0. The van der Waals surface area contributed by atoms with E-state index in [0.717, 1.165) is 37.0 Å². The molecule has 1 amide bonds. The molecule has 1 aliphatic heterocycles. The van der Waals surface area contributed by atoms with E-state index < -0.39 is 9.84 Å². The minimum absolute atomic E-state index is 0.0701. The van der Waals surface area contributed by atoms with Crippen molar-refractivity contribution in [2.75, 3.05) is 30.8 Å². The summed E-state index contributed by atoms with van der Waals surface area (Å²) in [5.74, 6) is 1.25. The maximum Gasteiger partial charge on any atom is 0.226 e. The lowest BCUT2D eigenvalue weighted by atomic mass is 9.89. The number of nitrogens with one attached hydrogen (secondary N) is 1. The summed E-state index contributed by atoms with van der Waals surface area (Å²) in [7, 11) is -3.31. The number of carbonyl (C=O) groups is 1.